The first-order chi connectivity index (χ1) is 11.5. The van der Waals surface area contributed by atoms with Crippen molar-refractivity contribution < 1.29 is 17.9 Å². The number of anilines is 1. The van der Waals surface area contributed by atoms with E-state index in [1.165, 1.54) is 6.07 Å². The van der Waals surface area contributed by atoms with E-state index in [1.807, 2.05) is 17.0 Å². The van der Waals surface area contributed by atoms with Crippen LogP contribution >= 0.6 is 0 Å². The van der Waals surface area contributed by atoms with E-state index in [0.29, 0.717) is 25.1 Å². The number of nitrogens with zero attached hydrogens (tertiary/aromatic N) is 3. The topological polar surface area (TPSA) is 49.2 Å². The number of benzene rings is 1. The summed E-state index contributed by atoms with van der Waals surface area (Å²) in [6.45, 7) is 1.27. The van der Waals surface area contributed by atoms with Crippen LogP contribution in [0.25, 0.3) is 0 Å². The minimum atomic E-state index is -4.41. The summed E-state index contributed by atoms with van der Waals surface area (Å²) in [5.41, 5.74) is 0.628. The van der Waals surface area contributed by atoms with E-state index >= 15 is 0 Å². The van der Waals surface area contributed by atoms with Crippen LogP contribution in [0.3, 0.4) is 0 Å². The van der Waals surface area contributed by atoms with Gasteiger partial charge in [-0.2, -0.15) is 18.4 Å². The fourth-order valence-electron chi connectivity index (χ4n) is 2.68. The molecule has 0 bridgehead atoms. The largest absolute Gasteiger partial charge is 0.472 e. The molecule has 0 spiro atoms. The van der Waals surface area contributed by atoms with Crippen molar-refractivity contribution in [2.24, 2.45) is 0 Å². The van der Waals surface area contributed by atoms with E-state index in [2.05, 4.69) is 11.1 Å². The van der Waals surface area contributed by atoms with E-state index in [1.54, 1.807) is 12.1 Å². The van der Waals surface area contributed by atoms with Crippen molar-refractivity contribution in [3.8, 4) is 11.9 Å². The van der Waals surface area contributed by atoms with Gasteiger partial charge in [-0.15, -0.1) is 0 Å². The van der Waals surface area contributed by atoms with Gasteiger partial charge in [-0.25, -0.2) is 4.98 Å². The molecule has 0 amide bonds. The van der Waals surface area contributed by atoms with Gasteiger partial charge >= 0.3 is 6.18 Å². The Balaban J connectivity index is 1.65. The van der Waals surface area contributed by atoms with Crippen LogP contribution in [0.15, 0.2) is 42.6 Å². The summed E-state index contributed by atoms with van der Waals surface area (Å²) >= 11 is 0. The van der Waals surface area contributed by atoms with Gasteiger partial charge in [0, 0.05) is 25.2 Å². The lowest BCUT2D eigenvalue weighted by Crippen LogP contribution is -2.25. The van der Waals surface area contributed by atoms with Crippen molar-refractivity contribution in [1.29, 1.82) is 5.26 Å². The van der Waals surface area contributed by atoms with Crippen LogP contribution in [0.2, 0.25) is 0 Å². The molecule has 1 aromatic heterocycles. The van der Waals surface area contributed by atoms with Crippen molar-refractivity contribution in [2.75, 3.05) is 18.0 Å². The molecule has 1 fully saturated rings. The van der Waals surface area contributed by atoms with Crippen molar-refractivity contribution in [3.63, 3.8) is 0 Å². The zero-order valence-electron chi connectivity index (χ0n) is 12.6. The van der Waals surface area contributed by atoms with E-state index in [0.717, 1.165) is 18.0 Å². The summed E-state index contributed by atoms with van der Waals surface area (Å²) in [4.78, 5) is 5.76. The number of para-hydroxylation sites is 1. The molecule has 2 aromatic rings. The Morgan fingerprint density at radius 3 is 2.67 bits per heavy atom. The van der Waals surface area contributed by atoms with Gasteiger partial charge in [0.25, 0.3) is 0 Å². The van der Waals surface area contributed by atoms with Gasteiger partial charge < -0.3 is 9.64 Å². The Labute approximate surface area is 137 Å². The maximum absolute atomic E-state index is 12.5. The smallest absolute Gasteiger partial charge is 0.417 e. The van der Waals surface area contributed by atoms with Crippen LogP contribution in [0.5, 0.6) is 5.88 Å². The summed E-state index contributed by atoms with van der Waals surface area (Å²) < 4.78 is 43.2. The summed E-state index contributed by atoms with van der Waals surface area (Å²) in [5.74, 6) is 0.170. The SMILES string of the molecule is N#Cc1ccccc1N1CC[C@H](Oc2ccc(C(F)(F)F)cn2)C1. The summed E-state index contributed by atoms with van der Waals surface area (Å²) in [7, 11) is 0. The van der Waals surface area contributed by atoms with Crippen molar-refractivity contribution in [2.45, 2.75) is 18.7 Å². The number of alkyl halides is 3. The molecule has 24 heavy (non-hydrogen) atoms. The normalized spacial score (nSPS) is 17.6. The minimum Gasteiger partial charge on any atom is -0.472 e. The molecule has 0 saturated carbocycles. The highest BCUT2D eigenvalue weighted by Gasteiger charge is 2.31. The molecule has 0 N–H and O–H groups in total. The molecule has 1 aromatic carbocycles. The zero-order valence-corrected chi connectivity index (χ0v) is 12.6. The Bertz CT molecular complexity index is 753. The minimum absolute atomic E-state index is 0.170. The molecule has 0 radical (unpaired) electrons. The number of halogens is 3. The number of hydrogen-bond acceptors (Lipinski definition) is 4. The predicted molar refractivity (Wildman–Crippen MR) is 81.6 cm³/mol. The third kappa shape index (κ3) is 3.43. The third-order valence-electron chi connectivity index (χ3n) is 3.86. The van der Waals surface area contributed by atoms with Crippen molar-refractivity contribution >= 4 is 5.69 Å². The Morgan fingerprint density at radius 1 is 1.21 bits per heavy atom. The molecule has 1 aliphatic rings. The second-order valence-corrected chi connectivity index (χ2v) is 5.49. The first kappa shape index (κ1) is 16.1. The predicted octanol–water partition coefficient (Wildman–Crippen LogP) is 3.63. The third-order valence-corrected chi connectivity index (χ3v) is 3.86. The average Bonchev–Trinajstić information content (AvgIpc) is 3.03. The van der Waals surface area contributed by atoms with Gasteiger partial charge in [0.15, 0.2) is 0 Å². The molecular weight excluding hydrogens is 319 g/mol. The van der Waals surface area contributed by atoms with E-state index in [-0.39, 0.29) is 12.0 Å². The fraction of sp³-hybridized carbons (Fsp3) is 0.294. The molecule has 2 heterocycles. The standard InChI is InChI=1S/C17H14F3N3O/c18-17(19,20)13-5-6-16(22-10-13)24-14-7-8-23(11-14)15-4-2-1-3-12(15)9-21/h1-6,10,14H,7-8,11H2/t14-/m0/s1. The average molecular weight is 333 g/mol. The Hall–Kier alpha value is -2.75. The molecule has 0 unspecified atom stereocenters. The number of ether oxygens (including phenoxy) is 1. The maximum atomic E-state index is 12.5. The van der Waals surface area contributed by atoms with Gasteiger partial charge in [-0.05, 0) is 18.2 Å². The van der Waals surface area contributed by atoms with Gasteiger partial charge in [-0.1, -0.05) is 12.1 Å². The monoisotopic (exact) mass is 333 g/mol. The lowest BCUT2D eigenvalue weighted by atomic mass is 10.2. The molecule has 1 aliphatic heterocycles. The van der Waals surface area contributed by atoms with Crippen LogP contribution in [0, 0.1) is 11.3 Å². The van der Waals surface area contributed by atoms with Crippen LogP contribution < -0.4 is 9.64 Å². The number of aromatic nitrogens is 1. The zero-order chi connectivity index (χ0) is 17.2. The summed E-state index contributed by atoms with van der Waals surface area (Å²) in [6.07, 6.45) is -3.10. The highest BCUT2D eigenvalue weighted by atomic mass is 19.4. The van der Waals surface area contributed by atoms with Crippen LogP contribution in [-0.4, -0.2) is 24.2 Å². The molecule has 7 heteroatoms. The lowest BCUT2D eigenvalue weighted by molar-refractivity contribution is -0.137. The van der Waals surface area contributed by atoms with Gasteiger partial charge in [0.2, 0.25) is 5.88 Å². The summed E-state index contributed by atoms with van der Waals surface area (Å²) in [6, 6.07) is 11.6. The quantitative estimate of drug-likeness (QED) is 0.861. The molecule has 3 rings (SSSR count). The van der Waals surface area contributed by atoms with Crippen molar-refractivity contribution in [3.05, 3.63) is 53.7 Å². The lowest BCUT2D eigenvalue weighted by Gasteiger charge is -2.20. The van der Waals surface area contributed by atoms with E-state index in [9.17, 15) is 13.2 Å². The van der Waals surface area contributed by atoms with E-state index < -0.39 is 11.7 Å². The fourth-order valence-corrected chi connectivity index (χ4v) is 2.68. The van der Waals surface area contributed by atoms with Crippen LogP contribution in [-0.2, 0) is 6.18 Å². The first-order valence-corrected chi connectivity index (χ1v) is 7.41. The van der Waals surface area contributed by atoms with Gasteiger partial charge in [0.05, 0.1) is 23.4 Å². The number of pyridine rings is 1. The van der Waals surface area contributed by atoms with Crippen LogP contribution in [0.1, 0.15) is 17.5 Å². The second-order valence-electron chi connectivity index (χ2n) is 5.49. The molecule has 0 aliphatic carbocycles. The van der Waals surface area contributed by atoms with Gasteiger partial charge in [0.1, 0.15) is 12.2 Å². The number of hydrogen-bond donors (Lipinski definition) is 0. The maximum Gasteiger partial charge on any atom is 0.417 e. The van der Waals surface area contributed by atoms with E-state index in [4.69, 9.17) is 10.00 Å². The molecule has 124 valence electrons. The molecule has 1 atom stereocenters. The van der Waals surface area contributed by atoms with Crippen LogP contribution in [0.4, 0.5) is 18.9 Å². The highest BCUT2D eigenvalue weighted by molar-refractivity contribution is 5.59. The second kappa shape index (κ2) is 6.40. The molecule has 1 saturated heterocycles. The summed E-state index contributed by atoms with van der Waals surface area (Å²) in [5, 5.41) is 9.16. The van der Waals surface area contributed by atoms with Crippen molar-refractivity contribution in [1.82, 2.24) is 4.98 Å². The first-order valence-electron chi connectivity index (χ1n) is 7.41. The highest BCUT2D eigenvalue weighted by Crippen LogP contribution is 2.30. The number of nitriles is 1. The Kier molecular flexibility index (Phi) is 4.30. The molecule has 4 nitrogen and oxygen atoms in total. The Morgan fingerprint density at radius 2 is 2.00 bits per heavy atom. The number of rotatable bonds is 3. The molecular formula is C17H14F3N3O. The van der Waals surface area contributed by atoms with Gasteiger partial charge in [-0.3, -0.25) is 0 Å².